The molecule has 3 heterocycles. The standard InChI is InChI=1S/C18H21N5O3/c1-10-14(11(2)22-21-10)9-13-5-6-15(25-13)17(24)19-8-7-16-20-18(26-23-16)12-3-4-12/h5-6,12H,3-4,7-9H2,1-2H3,(H,19,24)(H,21,22). The zero-order valence-electron chi connectivity index (χ0n) is 14.8. The number of rotatable bonds is 7. The minimum Gasteiger partial charge on any atom is -0.456 e. The van der Waals surface area contributed by atoms with Gasteiger partial charge in [0.05, 0.1) is 5.69 Å². The lowest BCUT2D eigenvalue weighted by atomic mass is 10.1. The van der Waals surface area contributed by atoms with Crippen molar-refractivity contribution >= 4 is 5.91 Å². The van der Waals surface area contributed by atoms with Gasteiger partial charge in [-0.1, -0.05) is 5.16 Å². The molecule has 0 unspecified atom stereocenters. The predicted molar refractivity (Wildman–Crippen MR) is 91.9 cm³/mol. The lowest BCUT2D eigenvalue weighted by Crippen LogP contribution is -2.25. The number of amides is 1. The SMILES string of the molecule is Cc1n[nH]c(C)c1Cc1ccc(C(=O)NCCc2noc(C3CC3)n2)o1. The molecule has 3 aromatic heterocycles. The molecule has 1 aliphatic carbocycles. The van der Waals surface area contributed by atoms with Gasteiger partial charge in [0.15, 0.2) is 11.6 Å². The third-order valence-electron chi connectivity index (χ3n) is 4.56. The van der Waals surface area contributed by atoms with Crippen molar-refractivity contribution in [3.63, 3.8) is 0 Å². The number of aromatic nitrogens is 4. The number of hydrogen-bond acceptors (Lipinski definition) is 6. The van der Waals surface area contributed by atoms with Crippen LogP contribution in [0.4, 0.5) is 0 Å². The van der Waals surface area contributed by atoms with Gasteiger partial charge in [-0.15, -0.1) is 0 Å². The molecule has 8 heteroatoms. The largest absolute Gasteiger partial charge is 0.456 e. The van der Waals surface area contributed by atoms with Crippen LogP contribution in [-0.4, -0.2) is 32.8 Å². The fourth-order valence-corrected chi connectivity index (χ4v) is 2.84. The maximum atomic E-state index is 12.2. The first-order chi connectivity index (χ1) is 12.6. The van der Waals surface area contributed by atoms with Crippen molar-refractivity contribution in [3.05, 3.63) is 52.3 Å². The van der Waals surface area contributed by atoms with Crippen LogP contribution < -0.4 is 5.32 Å². The summed E-state index contributed by atoms with van der Waals surface area (Å²) in [5, 5.41) is 13.9. The Morgan fingerprint density at radius 3 is 2.92 bits per heavy atom. The van der Waals surface area contributed by atoms with Crippen LogP contribution in [0, 0.1) is 13.8 Å². The van der Waals surface area contributed by atoms with E-state index in [1.165, 1.54) is 0 Å². The highest BCUT2D eigenvalue weighted by atomic mass is 16.5. The highest BCUT2D eigenvalue weighted by Gasteiger charge is 2.29. The van der Waals surface area contributed by atoms with E-state index in [4.69, 9.17) is 8.94 Å². The second kappa shape index (κ2) is 6.78. The fourth-order valence-electron chi connectivity index (χ4n) is 2.84. The molecule has 2 N–H and O–H groups in total. The van der Waals surface area contributed by atoms with E-state index in [0.29, 0.717) is 42.8 Å². The van der Waals surface area contributed by atoms with Gasteiger partial charge in [-0.05, 0) is 38.8 Å². The normalized spacial score (nSPS) is 13.9. The molecule has 0 saturated heterocycles. The van der Waals surface area contributed by atoms with Crippen molar-refractivity contribution in [3.8, 4) is 0 Å². The summed E-state index contributed by atoms with van der Waals surface area (Å²) in [5.74, 6) is 2.56. The smallest absolute Gasteiger partial charge is 0.287 e. The topological polar surface area (TPSA) is 110 Å². The molecule has 0 aromatic carbocycles. The molecule has 136 valence electrons. The molecule has 3 aromatic rings. The van der Waals surface area contributed by atoms with E-state index in [-0.39, 0.29) is 5.91 Å². The van der Waals surface area contributed by atoms with E-state index < -0.39 is 0 Å². The predicted octanol–water partition coefficient (Wildman–Crippen LogP) is 2.44. The molecular formula is C18H21N5O3. The van der Waals surface area contributed by atoms with Crippen molar-refractivity contribution in [2.75, 3.05) is 6.54 Å². The van der Waals surface area contributed by atoms with Gasteiger partial charge in [0.25, 0.3) is 5.91 Å². The fraction of sp³-hybridized carbons (Fsp3) is 0.444. The summed E-state index contributed by atoms with van der Waals surface area (Å²) in [7, 11) is 0. The van der Waals surface area contributed by atoms with E-state index >= 15 is 0 Å². The summed E-state index contributed by atoms with van der Waals surface area (Å²) >= 11 is 0. The summed E-state index contributed by atoms with van der Waals surface area (Å²) < 4.78 is 10.9. The molecular weight excluding hydrogens is 334 g/mol. The van der Waals surface area contributed by atoms with Crippen LogP contribution >= 0.6 is 0 Å². The molecule has 26 heavy (non-hydrogen) atoms. The molecule has 0 radical (unpaired) electrons. The Morgan fingerprint density at radius 1 is 1.35 bits per heavy atom. The number of carbonyl (C=O) groups excluding carboxylic acids is 1. The quantitative estimate of drug-likeness (QED) is 0.673. The Balaban J connectivity index is 1.30. The van der Waals surface area contributed by atoms with E-state index in [0.717, 1.165) is 35.6 Å². The van der Waals surface area contributed by atoms with Crippen molar-refractivity contribution in [1.82, 2.24) is 25.7 Å². The minimum absolute atomic E-state index is 0.247. The van der Waals surface area contributed by atoms with Crippen LogP contribution in [0.5, 0.6) is 0 Å². The number of aromatic amines is 1. The molecule has 1 aliphatic rings. The van der Waals surface area contributed by atoms with E-state index in [2.05, 4.69) is 25.7 Å². The third kappa shape index (κ3) is 3.54. The molecule has 4 rings (SSSR count). The van der Waals surface area contributed by atoms with Crippen LogP contribution in [0.25, 0.3) is 0 Å². The van der Waals surface area contributed by atoms with Gasteiger partial charge in [-0.3, -0.25) is 9.89 Å². The Bertz CT molecular complexity index is 900. The Kier molecular flexibility index (Phi) is 4.32. The van der Waals surface area contributed by atoms with Crippen molar-refractivity contribution in [2.24, 2.45) is 0 Å². The van der Waals surface area contributed by atoms with Gasteiger partial charge in [-0.2, -0.15) is 10.1 Å². The first-order valence-electron chi connectivity index (χ1n) is 8.80. The third-order valence-corrected chi connectivity index (χ3v) is 4.56. The summed E-state index contributed by atoms with van der Waals surface area (Å²) in [4.78, 5) is 16.6. The maximum absolute atomic E-state index is 12.2. The molecule has 0 atom stereocenters. The number of H-pyrrole nitrogens is 1. The van der Waals surface area contributed by atoms with Crippen molar-refractivity contribution in [2.45, 2.75) is 45.4 Å². The van der Waals surface area contributed by atoms with Gasteiger partial charge in [0.2, 0.25) is 5.89 Å². The molecule has 0 bridgehead atoms. The highest BCUT2D eigenvalue weighted by Crippen LogP contribution is 2.38. The van der Waals surface area contributed by atoms with Crippen LogP contribution in [0.3, 0.4) is 0 Å². The number of nitrogens with one attached hydrogen (secondary N) is 2. The zero-order chi connectivity index (χ0) is 18.1. The molecule has 0 aliphatic heterocycles. The van der Waals surface area contributed by atoms with E-state index in [1.54, 1.807) is 6.07 Å². The van der Waals surface area contributed by atoms with Gasteiger partial charge in [0, 0.05) is 36.6 Å². The summed E-state index contributed by atoms with van der Waals surface area (Å²) in [6.45, 7) is 4.35. The second-order valence-electron chi connectivity index (χ2n) is 6.68. The maximum Gasteiger partial charge on any atom is 0.287 e. The van der Waals surface area contributed by atoms with Gasteiger partial charge in [0.1, 0.15) is 5.76 Å². The molecule has 1 amide bonds. The summed E-state index contributed by atoms with van der Waals surface area (Å²) in [6, 6.07) is 3.51. The van der Waals surface area contributed by atoms with Crippen LogP contribution in [-0.2, 0) is 12.8 Å². The average Bonchev–Trinajstić information content (AvgIpc) is 3.05. The van der Waals surface area contributed by atoms with Crippen molar-refractivity contribution in [1.29, 1.82) is 0 Å². The van der Waals surface area contributed by atoms with Crippen molar-refractivity contribution < 1.29 is 13.7 Å². The first-order valence-corrected chi connectivity index (χ1v) is 8.80. The molecule has 1 saturated carbocycles. The lowest BCUT2D eigenvalue weighted by Gasteiger charge is -2.01. The molecule has 0 spiro atoms. The Labute approximate surface area is 150 Å². The average molecular weight is 355 g/mol. The van der Waals surface area contributed by atoms with Crippen LogP contribution in [0.2, 0.25) is 0 Å². The number of aryl methyl sites for hydroxylation is 2. The van der Waals surface area contributed by atoms with E-state index in [9.17, 15) is 4.79 Å². The first kappa shape index (κ1) is 16.6. The summed E-state index contributed by atoms with van der Waals surface area (Å²) in [6.07, 6.45) is 3.38. The Morgan fingerprint density at radius 2 is 2.19 bits per heavy atom. The minimum atomic E-state index is -0.247. The molecule has 8 nitrogen and oxygen atoms in total. The number of hydrogen-bond donors (Lipinski definition) is 2. The van der Waals surface area contributed by atoms with E-state index in [1.807, 2.05) is 19.9 Å². The molecule has 1 fully saturated rings. The van der Waals surface area contributed by atoms with Gasteiger partial charge < -0.3 is 14.3 Å². The van der Waals surface area contributed by atoms with Gasteiger partial charge >= 0.3 is 0 Å². The zero-order valence-corrected chi connectivity index (χ0v) is 14.8. The number of carbonyl (C=O) groups is 1. The lowest BCUT2D eigenvalue weighted by molar-refractivity contribution is 0.0924. The number of furan rings is 1. The monoisotopic (exact) mass is 355 g/mol. The second-order valence-corrected chi connectivity index (χ2v) is 6.68. The number of nitrogens with zero attached hydrogens (tertiary/aromatic N) is 3. The highest BCUT2D eigenvalue weighted by molar-refractivity contribution is 5.91. The van der Waals surface area contributed by atoms with Gasteiger partial charge in [-0.25, -0.2) is 0 Å². The van der Waals surface area contributed by atoms with Crippen LogP contribution in [0.1, 0.15) is 63.7 Å². The van der Waals surface area contributed by atoms with Crippen LogP contribution in [0.15, 0.2) is 21.1 Å². The summed E-state index contributed by atoms with van der Waals surface area (Å²) in [5.41, 5.74) is 3.04. The Hall–Kier alpha value is -2.90.